The second kappa shape index (κ2) is 2.48. The van der Waals surface area contributed by atoms with Crippen LogP contribution in [0, 0.1) is 0 Å². The van der Waals surface area contributed by atoms with Crippen LogP contribution in [0.1, 0.15) is 5.69 Å². The lowest BCUT2D eigenvalue weighted by Crippen LogP contribution is -1.83. The minimum Gasteiger partial charge on any atom is -0.399 e. The number of nitrogens with two attached hydrogens (primary N) is 1. The van der Waals surface area contributed by atoms with E-state index in [-0.39, 0.29) is 0 Å². The predicted octanol–water partition coefficient (Wildman–Crippen LogP) is 1.61. The highest BCUT2D eigenvalue weighted by atomic mass is 19.1. The summed E-state index contributed by atoms with van der Waals surface area (Å²) in [7, 11) is 0. The summed E-state index contributed by atoms with van der Waals surface area (Å²) in [6.45, 7) is -0.542. The maximum atomic E-state index is 12.3. The number of aromatic nitrogens is 2. The third-order valence-corrected chi connectivity index (χ3v) is 1.79. The summed E-state index contributed by atoms with van der Waals surface area (Å²) in [5, 5.41) is 7.28. The van der Waals surface area contributed by atoms with Gasteiger partial charge in [-0.2, -0.15) is 5.10 Å². The van der Waals surface area contributed by atoms with Crippen LogP contribution in [0.15, 0.2) is 18.2 Å². The SMILES string of the molecule is Nc1ccc2n[nH]c(CF)c2c1. The number of nitrogens with one attached hydrogen (secondary N) is 1. The molecule has 0 fully saturated rings. The second-order valence-electron chi connectivity index (χ2n) is 2.61. The third-order valence-electron chi connectivity index (χ3n) is 1.79. The first-order valence-electron chi connectivity index (χ1n) is 3.59. The zero-order valence-corrected chi connectivity index (χ0v) is 6.34. The number of H-pyrrole nitrogens is 1. The molecule has 0 bridgehead atoms. The molecule has 0 atom stereocenters. The summed E-state index contributed by atoms with van der Waals surface area (Å²) in [5.41, 5.74) is 7.40. The van der Waals surface area contributed by atoms with Gasteiger partial charge in [-0.25, -0.2) is 4.39 Å². The van der Waals surface area contributed by atoms with Crippen molar-refractivity contribution < 1.29 is 4.39 Å². The summed E-state index contributed by atoms with van der Waals surface area (Å²) in [5.74, 6) is 0. The normalized spacial score (nSPS) is 10.8. The van der Waals surface area contributed by atoms with Crippen LogP contribution in [-0.2, 0) is 6.67 Å². The Morgan fingerprint density at radius 2 is 2.33 bits per heavy atom. The summed E-state index contributed by atoms with van der Waals surface area (Å²) in [6, 6.07) is 5.22. The highest BCUT2D eigenvalue weighted by Crippen LogP contribution is 2.19. The molecule has 0 unspecified atom stereocenters. The molecule has 0 spiro atoms. The first kappa shape index (κ1) is 7.09. The standard InChI is InChI=1S/C8H8FN3/c9-4-8-6-3-5(10)1-2-7(6)11-12-8/h1-3H,4,10H2,(H,11,12). The van der Waals surface area contributed by atoms with Crippen molar-refractivity contribution in [3.63, 3.8) is 0 Å². The van der Waals surface area contributed by atoms with E-state index in [1.54, 1.807) is 18.2 Å². The van der Waals surface area contributed by atoms with E-state index in [0.717, 1.165) is 10.9 Å². The number of hydrogen-bond acceptors (Lipinski definition) is 2. The van der Waals surface area contributed by atoms with E-state index >= 15 is 0 Å². The molecule has 3 nitrogen and oxygen atoms in total. The molecule has 0 aliphatic carbocycles. The van der Waals surface area contributed by atoms with Gasteiger partial charge in [0.05, 0.1) is 11.2 Å². The van der Waals surface area contributed by atoms with Crippen molar-refractivity contribution in [3.05, 3.63) is 23.9 Å². The van der Waals surface area contributed by atoms with E-state index in [1.165, 1.54) is 0 Å². The molecule has 0 saturated heterocycles. The van der Waals surface area contributed by atoms with Crippen LogP contribution in [-0.4, -0.2) is 10.2 Å². The molecule has 1 aromatic carbocycles. The number of halogens is 1. The van der Waals surface area contributed by atoms with Gasteiger partial charge in [0, 0.05) is 11.1 Å². The largest absolute Gasteiger partial charge is 0.399 e. The monoisotopic (exact) mass is 165 g/mol. The molecular weight excluding hydrogens is 157 g/mol. The van der Waals surface area contributed by atoms with Crippen molar-refractivity contribution in [3.8, 4) is 0 Å². The van der Waals surface area contributed by atoms with Crippen LogP contribution in [0.3, 0.4) is 0 Å². The molecule has 1 heterocycles. The molecule has 0 radical (unpaired) electrons. The van der Waals surface area contributed by atoms with E-state index < -0.39 is 6.67 Å². The predicted molar refractivity (Wildman–Crippen MR) is 45.3 cm³/mol. The lowest BCUT2D eigenvalue weighted by molar-refractivity contribution is 0.477. The first-order valence-corrected chi connectivity index (χ1v) is 3.59. The minimum atomic E-state index is -0.542. The summed E-state index contributed by atoms with van der Waals surface area (Å²) >= 11 is 0. The Kier molecular flexibility index (Phi) is 1.46. The van der Waals surface area contributed by atoms with Gasteiger partial charge in [0.2, 0.25) is 0 Å². The lowest BCUT2D eigenvalue weighted by Gasteiger charge is -1.92. The quantitative estimate of drug-likeness (QED) is 0.631. The molecule has 0 aliphatic heterocycles. The van der Waals surface area contributed by atoms with E-state index in [2.05, 4.69) is 10.2 Å². The van der Waals surface area contributed by atoms with Gasteiger partial charge in [-0.3, -0.25) is 5.10 Å². The summed E-state index contributed by atoms with van der Waals surface area (Å²) < 4.78 is 12.3. The number of nitrogen functional groups attached to an aromatic ring is 1. The van der Waals surface area contributed by atoms with Crippen molar-refractivity contribution in [2.75, 3.05) is 5.73 Å². The zero-order chi connectivity index (χ0) is 8.55. The number of nitrogens with zero attached hydrogens (tertiary/aromatic N) is 1. The summed E-state index contributed by atoms with van der Waals surface area (Å²) in [6.07, 6.45) is 0. The van der Waals surface area contributed by atoms with Gasteiger partial charge in [-0.1, -0.05) is 0 Å². The molecule has 0 saturated carbocycles. The Balaban J connectivity index is 2.75. The van der Waals surface area contributed by atoms with Crippen LogP contribution >= 0.6 is 0 Å². The zero-order valence-electron chi connectivity index (χ0n) is 6.34. The highest BCUT2D eigenvalue weighted by molar-refractivity contribution is 5.84. The van der Waals surface area contributed by atoms with Crippen LogP contribution in [0.5, 0.6) is 0 Å². The van der Waals surface area contributed by atoms with E-state index in [4.69, 9.17) is 5.73 Å². The van der Waals surface area contributed by atoms with Crippen LogP contribution in [0.25, 0.3) is 10.9 Å². The molecular formula is C8H8FN3. The Morgan fingerprint density at radius 3 is 3.08 bits per heavy atom. The van der Waals surface area contributed by atoms with Crippen molar-refractivity contribution in [1.29, 1.82) is 0 Å². The number of aromatic amines is 1. The number of alkyl halides is 1. The van der Waals surface area contributed by atoms with Gasteiger partial charge in [-0.05, 0) is 18.2 Å². The van der Waals surface area contributed by atoms with Crippen LogP contribution in [0.4, 0.5) is 10.1 Å². The maximum absolute atomic E-state index is 12.3. The van der Waals surface area contributed by atoms with Crippen molar-refractivity contribution in [2.45, 2.75) is 6.67 Å². The molecule has 0 amide bonds. The maximum Gasteiger partial charge on any atom is 0.131 e. The van der Waals surface area contributed by atoms with Crippen molar-refractivity contribution in [2.24, 2.45) is 0 Å². The topological polar surface area (TPSA) is 54.7 Å². The Morgan fingerprint density at radius 1 is 1.50 bits per heavy atom. The van der Waals surface area contributed by atoms with E-state index in [1.807, 2.05) is 0 Å². The fraction of sp³-hybridized carbons (Fsp3) is 0.125. The van der Waals surface area contributed by atoms with Gasteiger partial charge < -0.3 is 5.73 Å². The molecule has 2 rings (SSSR count). The smallest absolute Gasteiger partial charge is 0.131 e. The Bertz CT molecular complexity index is 408. The number of rotatable bonds is 1. The second-order valence-corrected chi connectivity index (χ2v) is 2.61. The highest BCUT2D eigenvalue weighted by Gasteiger charge is 2.03. The first-order chi connectivity index (χ1) is 5.81. The molecule has 4 heteroatoms. The van der Waals surface area contributed by atoms with Gasteiger partial charge in [-0.15, -0.1) is 0 Å². The number of anilines is 1. The molecule has 12 heavy (non-hydrogen) atoms. The lowest BCUT2D eigenvalue weighted by atomic mass is 10.2. The van der Waals surface area contributed by atoms with Crippen LogP contribution < -0.4 is 5.73 Å². The Hall–Kier alpha value is -1.58. The number of hydrogen-bond donors (Lipinski definition) is 2. The number of fused-ring (bicyclic) bond motifs is 1. The Labute approximate surface area is 68.4 Å². The van der Waals surface area contributed by atoms with Gasteiger partial charge in [0.25, 0.3) is 0 Å². The molecule has 2 aromatic rings. The molecule has 1 aromatic heterocycles. The summed E-state index contributed by atoms with van der Waals surface area (Å²) in [4.78, 5) is 0. The molecule has 62 valence electrons. The van der Waals surface area contributed by atoms with E-state index in [0.29, 0.717) is 11.4 Å². The van der Waals surface area contributed by atoms with Gasteiger partial charge >= 0.3 is 0 Å². The fourth-order valence-corrected chi connectivity index (χ4v) is 1.18. The van der Waals surface area contributed by atoms with Gasteiger partial charge in [0.15, 0.2) is 0 Å². The third kappa shape index (κ3) is 0.922. The molecule has 3 N–H and O–H groups in total. The van der Waals surface area contributed by atoms with Crippen molar-refractivity contribution in [1.82, 2.24) is 10.2 Å². The fourth-order valence-electron chi connectivity index (χ4n) is 1.18. The molecule has 0 aliphatic rings. The van der Waals surface area contributed by atoms with Crippen molar-refractivity contribution >= 4 is 16.6 Å². The average molecular weight is 165 g/mol. The average Bonchev–Trinajstić information content (AvgIpc) is 2.46. The van der Waals surface area contributed by atoms with E-state index in [9.17, 15) is 4.39 Å². The van der Waals surface area contributed by atoms with Crippen LogP contribution in [0.2, 0.25) is 0 Å². The van der Waals surface area contributed by atoms with Gasteiger partial charge in [0.1, 0.15) is 6.67 Å². The number of benzene rings is 1. The minimum absolute atomic E-state index is 0.484.